The summed E-state index contributed by atoms with van der Waals surface area (Å²) >= 11 is 0. The predicted octanol–water partition coefficient (Wildman–Crippen LogP) is 3.76. The van der Waals surface area contributed by atoms with Gasteiger partial charge in [-0.1, -0.05) is 0 Å². The van der Waals surface area contributed by atoms with Gasteiger partial charge in [0, 0.05) is 37.3 Å². The fourth-order valence-corrected chi connectivity index (χ4v) is 3.61. The van der Waals surface area contributed by atoms with Crippen LogP contribution in [0.15, 0.2) is 30.5 Å². The number of benzene rings is 1. The van der Waals surface area contributed by atoms with Gasteiger partial charge in [0.15, 0.2) is 11.5 Å². The zero-order valence-electron chi connectivity index (χ0n) is 18.4. The van der Waals surface area contributed by atoms with Gasteiger partial charge in [-0.25, -0.2) is 9.78 Å². The van der Waals surface area contributed by atoms with Crippen LogP contribution in [0.4, 0.5) is 24.7 Å². The Balaban J connectivity index is 1.68. The first-order chi connectivity index (χ1) is 15.7. The Morgan fingerprint density at radius 3 is 2.21 bits per heavy atom. The Bertz CT molecular complexity index is 1000. The molecule has 2 aromatic rings. The molecule has 1 N–H and O–H groups in total. The van der Waals surface area contributed by atoms with Gasteiger partial charge in [0.05, 0.1) is 38.1 Å². The molecule has 0 bridgehead atoms. The molecule has 1 amide bonds. The number of ether oxygens (including phenoxy) is 3. The van der Waals surface area contributed by atoms with Crippen molar-refractivity contribution in [3.8, 4) is 11.5 Å². The Hall–Kier alpha value is -3.50. The van der Waals surface area contributed by atoms with Gasteiger partial charge < -0.3 is 24.4 Å². The first-order valence-corrected chi connectivity index (χ1v) is 10.1. The Morgan fingerprint density at radius 1 is 1.06 bits per heavy atom. The smallest absolute Gasteiger partial charge is 0.417 e. The van der Waals surface area contributed by atoms with E-state index in [1.807, 2.05) is 4.90 Å². The summed E-state index contributed by atoms with van der Waals surface area (Å²) in [6.07, 6.45) is -2.70. The molecule has 1 saturated heterocycles. The average molecular weight is 467 g/mol. The van der Waals surface area contributed by atoms with Gasteiger partial charge in [0.1, 0.15) is 5.82 Å². The number of alkyl halides is 3. The first-order valence-electron chi connectivity index (χ1n) is 10.1. The quantitative estimate of drug-likeness (QED) is 0.647. The molecule has 2 heterocycles. The molecule has 1 aromatic carbocycles. The van der Waals surface area contributed by atoms with Crippen molar-refractivity contribution in [2.24, 2.45) is 5.92 Å². The Labute approximate surface area is 188 Å². The monoisotopic (exact) mass is 467 g/mol. The van der Waals surface area contributed by atoms with Crippen LogP contribution in [0.25, 0.3) is 0 Å². The number of amides is 1. The molecule has 8 nitrogen and oxygen atoms in total. The van der Waals surface area contributed by atoms with E-state index in [1.165, 1.54) is 39.5 Å². The molecule has 3 rings (SSSR count). The number of aromatic nitrogens is 1. The number of carbonyl (C=O) groups is 2. The van der Waals surface area contributed by atoms with E-state index in [0.717, 1.165) is 12.3 Å². The lowest BCUT2D eigenvalue weighted by atomic mass is 9.95. The lowest BCUT2D eigenvalue weighted by Gasteiger charge is -2.32. The van der Waals surface area contributed by atoms with Crippen molar-refractivity contribution in [1.82, 2.24) is 4.98 Å². The van der Waals surface area contributed by atoms with Gasteiger partial charge in [-0.15, -0.1) is 0 Å². The van der Waals surface area contributed by atoms with E-state index in [-0.39, 0.29) is 23.1 Å². The number of rotatable bonds is 6. The van der Waals surface area contributed by atoms with E-state index in [4.69, 9.17) is 14.2 Å². The molecule has 1 aliphatic rings. The van der Waals surface area contributed by atoms with Crippen LogP contribution in [0, 0.1) is 5.92 Å². The van der Waals surface area contributed by atoms with Gasteiger partial charge in [0.2, 0.25) is 5.91 Å². The molecular formula is C22H24F3N3O5. The number of anilines is 2. The van der Waals surface area contributed by atoms with Crippen LogP contribution in [0.3, 0.4) is 0 Å². The number of nitrogens with zero attached hydrogens (tertiary/aromatic N) is 2. The molecule has 0 spiro atoms. The fourth-order valence-electron chi connectivity index (χ4n) is 3.61. The predicted molar refractivity (Wildman–Crippen MR) is 114 cm³/mol. The summed E-state index contributed by atoms with van der Waals surface area (Å²) in [4.78, 5) is 30.8. The van der Waals surface area contributed by atoms with Crippen molar-refractivity contribution in [2.75, 3.05) is 44.6 Å². The topological polar surface area (TPSA) is 90.0 Å². The summed E-state index contributed by atoms with van der Waals surface area (Å²) in [6.45, 7) is 0.901. The molecule has 11 heteroatoms. The second kappa shape index (κ2) is 9.97. The molecular weight excluding hydrogens is 443 g/mol. The van der Waals surface area contributed by atoms with Crippen molar-refractivity contribution in [3.05, 3.63) is 41.6 Å². The number of nitrogens with one attached hydrogen (secondary N) is 1. The van der Waals surface area contributed by atoms with Crippen molar-refractivity contribution < 1.29 is 37.0 Å². The van der Waals surface area contributed by atoms with Crippen molar-refractivity contribution in [2.45, 2.75) is 19.0 Å². The van der Waals surface area contributed by atoms with Crippen molar-refractivity contribution in [1.29, 1.82) is 0 Å². The minimum Gasteiger partial charge on any atom is -0.493 e. The molecule has 0 radical (unpaired) electrons. The molecule has 178 valence electrons. The molecule has 0 atom stereocenters. The van der Waals surface area contributed by atoms with E-state index < -0.39 is 17.7 Å². The fraction of sp³-hybridized carbons (Fsp3) is 0.409. The number of pyridine rings is 1. The Morgan fingerprint density at radius 2 is 1.70 bits per heavy atom. The molecule has 1 fully saturated rings. The molecule has 1 aromatic heterocycles. The van der Waals surface area contributed by atoms with Crippen molar-refractivity contribution >= 4 is 23.4 Å². The van der Waals surface area contributed by atoms with E-state index in [1.54, 1.807) is 0 Å². The maximum absolute atomic E-state index is 12.9. The number of carbonyl (C=O) groups excluding carboxylic acids is 2. The van der Waals surface area contributed by atoms with E-state index >= 15 is 0 Å². The maximum atomic E-state index is 12.9. The highest BCUT2D eigenvalue weighted by Crippen LogP contribution is 2.35. The second-order valence-electron chi connectivity index (χ2n) is 7.40. The average Bonchev–Trinajstić information content (AvgIpc) is 2.82. The van der Waals surface area contributed by atoms with Gasteiger partial charge in [-0.2, -0.15) is 13.2 Å². The SMILES string of the molecule is COC(=O)c1cc(OC)c(OC)cc1NC(=O)C1CCN(c2ccc(C(F)(F)F)cn2)CC1. The highest BCUT2D eigenvalue weighted by Gasteiger charge is 2.32. The third-order valence-electron chi connectivity index (χ3n) is 5.45. The van der Waals surface area contributed by atoms with Gasteiger partial charge in [0.25, 0.3) is 0 Å². The Kier molecular flexibility index (Phi) is 7.29. The summed E-state index contributed by atoms with van der Waals surface area (Å²) in [6, 6.07) is 5.24. The lowest BCUT2D eigenvalue weighted by Crippen LogP contribution is -2.38. The number of methoxy groups -OCH3 is 3. The normalized spacial score (nSPS) is 14.5. The molecule has 1 aliphatic heterocycles. The summed E-state index contributed by atoms with van der Waals surface area (Å²) in [5.41, 5.74) is -0.455. The summed E-state index contributed by atoms with van der Waals surface area (Å²) in [5.74, 6) is -0.206. The summed E-state index contributed by atoms with van der Waals surface area (Å²) in [5, 5.41) is 2.77. The number of hydrogen-bond donors (Lipinski definition) is 1. The minimum atomic E-state index is -4.44. The van der Waals surface area contributed by atoms with Crippen LogP contribution in [-0.2, 0) is 15.7 Å². The van der Waals surface area contributed by atoms with Crippen LogP contribution in [-0.4, -0.2) is 51.3 Å². The standard InChI is InChI=1S/C22H24F3N3O5/c1-31-17-10-15(21(30)33-3)16(11-18(17)32-2)27-20(29)13-6-8-28(9-7-13)19-5-4-14(12-26-19)22(23,24)25/h4-5,10-13H,6-9H2,1-3H3,(H,27,29). The third kappa shape index (κ3) is 5.47. The number of hydrogen-bond acceptors (Lipinski definition) is 7. The molecule has 33 heavy (non-hydrogen) atoms. The van der Waals surface area contributed by atoms with E-state index in [2.05, 4.69) is 10.3 Å². The highest BCUT2D eigenvalue weighted by molar-refractivity contribution is 6.02. The first kappa shape index (κ1) is 24.1. The lowest BCUT2D eigenvalue weighted by molar-refractivity contribution is -0.137. The van der Waals surface area contributed by atoms with Gasteiger partial charge in [-0.3, -0.25) is 4.79 Å². The van der Waals surface area contributed by atoms with Crippen LogP contribution >= 0.6 is 0 Å². The third-order valence-corrected chi connectivity index (χ3v) is 5.45. The zero-order valence-corrected chi connectivity index (χ0v) is 18.4. The van der Waals surface area contributed by atoms with E-state index in [9.17, 15) is 22.8 Å². The van der Waals surface area contributed by atoms with E-state index in [0.29, 0.717) is 43.2 Å². The van der Waals surface area contributed by atoms with Crippen LogP contribution in [0.5, 0.6) is 11.5 Å². The van der Waals surface area contributed by atoms with Crippen LogP contribution in [0.2, 0.25) is 0 Å². The minimum absolute atomic E-state index is 0.120. The number of esters is 1. The largest absolute Gasteiger partial charge is 0.493 e. The van der Waals surface area contributed by atoms with Gasteiger partial charge in [-0.05, 0) is 25.0 Å². The second-order valence-corrected chi connectivity index (χ2v) is 7.40. The highest BCUT2D eigenvalue weighted by atomic mass is 19.4. The maximum Gasteiger partial charge on any atom is 0.417 e. The van der Waals surface area contributed by atoms with Crippen LogP contribution in [0.1, 0.15) is 28.8 Å². The summed E-state index contributed by atoms with van der Waals surface area (Å²) < 4.78 is 53.4. The summed E-state index contributed by atoms with van der Waals surface area (Å²) in [7, 11) is 4.10. The van der Waals surface area contributed by atoms with Crippen LogP contribution < -0.4 is 19.7 Å². The van der Waals surface area contributed by atoms with Gasteiger partial charge >= 0.3 is 12.1 Å². The molecule has 0 aliphatic carbocycles. The number of piperidine rings is 1. The zero-order chi connectivity index (χ0) is 24.2. The number of halogens is 3. The van der Waals surface area contributed by atoms with Crippen molar-refractivity contribution in [3.63, 3.8) is 0 Å². The molecule has 0 saturated carbocycles. The molecule has 0 unspecified atom stereocenters.